The summed E-state index contributed by atoms with van der Waals surface area (Å²) < 4.78 is 20.0. The van der Waals surface area contributed by atoms with Gasteiger partial charge in [0.15, 0.2) is 0 Å². The van der Waals surface area contributed by atoms with E-state index in [1.54, 1.807) is 6.07 Å². The van der Waals surface area contributed by atoms with Gasteiger partial charge in [-0.25, -0.2) is 4.39 Å². The van der Waals surface area contributed by atoms with E-state index in [1.165, 1.54) is 0 Å². The van der Waals surface area contributed by atoms with Gasteiger partial charge in [-0.15, -0.1) is 0 Å². The summed E-state index contributed by atoms with van der Waals surface area (Å²) in [4.78, 5) is 0. The van der Waals surface area contributed by atoms with E-state index in [9.17, 15) is 4.39 Å². The summed E-state index contributed by atoms with van der Waals surface area (Å²) in [6.07, 6.45) is 0.138. The van der Waals surface area contributed by atoms with Gasteiger partial charge in [0.05, 0.1) is 6.10 Å². The highest BCUT2D eigenvalue weighted by atomic mass is 19.1. The molecule has 0 radical (unpaired) electrons. The molecule has 0 N–H and O–H groups in total. The van der Waals surface area contributed by atoms with Crippen LogP contribution in [0.3, 0.4) is 0 Å². The van der Waals surface area contributed by atoms with Crippen LogP contribution in [0.15, 0.2) is 42.5 Å². The monoisotopic (exact) mass is 286 g/mol. The number of ether oxygens (including phenoxy) is 1. The van der Waals surface area contributed by atoms with Crippen LogP contribution in [0.1, 0.15) is 40.2 Å². The Labute approximate surface area is 126 Å². The first-order valence-electron chi connectivity index (χ1n) is 7.34. The zero-order valence-electron chi connectivity index (χ0n) is 13.4. The molecule has 0 saturated heterocycles. The molecule has 2 aromatic carbocycles. The molecule has 0 saturated carbocycles. The highest BCUT2D eigenvalue weighted by molar-refractivity contribution is 5.65. The molecule has 0 atom stereocenters. The van der Waals surface area contributed by atoms with Crippen molar-refractivity contribution in [3.63, 3.8) is 0 Å². The van der Waals surface area contributed by atoms with Gasteiger partial charge in [0, 0.05) is 5.56 Å². The first kappa shape index (κ1) is 15.6. The molecule has 2 rings (SSSR count). The van der Waals surface area contributed by atoms with E-state index in [0.717, 1.165) is 16.9 Å². The minimum absolute atomic E-state index is 0.0473. The molecular formula is C19H23FO. The van der Waals surface area contributed by atoms with Crippen molar-refractivity contribution in [3.05, 3.63) is 53.8 Å². The fraction of sp³-hybridized carbons (Fsp3) is 0.368. The minimum atomic E-state index is -0.181. The maximum absolute atomic E-state index is 14.3. The minimum Gasteiger partial charge on any atom is -0.491 e. The Morgan fingerprint density at radius 3 is 2.05 bits per heavy atom. The Bertz CT molecular complexity index is 606. The summed E-state index contributed by atoms with van der Waals surface area (Å²) in [5, 5.41) is 0. The Hall–Kier alpha value is -1.83. The predicted octanol–water partition coefficient (Wildman–Crippen LogP) is 5.58. The molecule has 2 aromatic rings. The molecule has 0 heterocycles. The predicted molar refractivity (Wildman–Crippen MR) is 86.3 cm³/mol. The Kier molecular flexibility index (Phi) is 4.36. The van der Waals surface area contributed by atoms with E-state index < -0.39 is 0 Å². The zero-order chi connectivity index (χ0) is 15.6. The van der Waals surface area contributed by atoms with Gasteiger partial charge in [-0.05, 0) is 48.6 Å². The number of rotatable bonds is 3. The molecule has 0 bridgehead atoms. The van der Waals surface area contributed by atoms with Crippen molar-refractivity contribution >= 4 is 0 Å². The zero-order valence-corrected chi connectivity index (χ0v) is 13.4. The fourth-order valence-corrected chi connectivity index (χ4v) is 2.20. The van der Waals surface area contributed by atoms with Gasteiger partial charge in [-0.1, -0.05) is 45.0 Å². The normalized spacial score (nSPS) is 11.8. The summed E-state index contributed by atoms with van der Waals surface area (Å²) in [6.45, 7) is 10.2. The van der Waals surface area contributed by atoms with Crippen molar-refractivity contribution in [1.82, 2.24) is 0 Å². The lowest BCUT2D eigenvalue weighted by Crippen LogP contribution is -2.11. The van der Waals surface area contributed by atoms with E-state index in [4.69, 9.17) is 4.74 Å². The van der Waals surface area contributed by atoms with Crippen LogP contribution in [-0.2, 0) is 5.41 Å². The van der Waals surface area contributed by atoms with Crippen molar-refractivity contribution in [2.24, 2.45) is 0 Å². The highest BCUT2D eigenvalue weighted by Gasteiger charge is 2.16. The second-order valence-corrected chi connectivity index (χ2v) is 6.64. The molecule has 2 heteroatoms. The van der Waals surface area contributed by atoms with Crippen LogP contribution >= 0.6 is 0 Å². The lowest BCUT2D eigenvalue weighted by atomic mass is 9.86. The van der Waals surface area contributed by atoms with E-state index in [0.29, 0.717) is 5.56 Å². The maximum atomic E-state index is 14.3. The van der Waals surface area contributed by atoms with Crippen LogP contribution < -0.4 is 4.74 Å². The molecule has 0 aliphatic carbocycles. The van der Waals surface area contributed by atoms with Gasteiger partial charge in [-0.2, -0.15) is 0 Å². The van der Waals surface area contributed by atoms with Crippen LogP contribution in [-0.4, -0.2) is 6.10 Å². The molecule has 0 aliphatic rings. The third-order valence-corrected chi connectivity index (χ3v) is 3.37. The van der Waals surface area contributed by atoms with Crippen molar-refractivity contribution < 1.29 is 9.13 Å². The van der Waals surface area contributed by atoms with E-state index in [1.807, 2.05) is 50.2 Å². The van der Waals surface area contributed by atoms with E-state index >= 15 is 0 Å². The van der Waals surface area contributed by atoms with E-state index in [2.05, 4.69) is 20.8 Å². The molecule has 0 unspecified atom stereocenters. The van der Waals surface area contributed by atoms with Gasteiger partial charge in [-0.3, -0.25) is 0 Å². The molecule has 1 nitrogen and oxygen atoms in total. The first-order valence-corrected chi connectivity index (χ1v) is 7.34. The summed E-state index contributed by atoms with van der Waals surface area (Å²) in [5.41, 5.74) is 2.45. The van der Waals surface area contributed by atoms with Gasteiger partial charge in [0.2, 0.25) is 0 Å². The van der Waals surface area contributed by atoms with Crippen molar-refractivity contribution in [2.75, 3.05) is 0 Å². The quantitative estimate of drug-likeness (QED) is 0.716. The molecule has 0 aromatic heterocycles. The lowest BCUT2D eigenvalue weighted by molar-refractivity contribution is 0.242. The largest absolute Gasteiger partial charge is 0.491 e. The number of halogens is 1. The second kappa shape index (κ2) is 5.88. The lowest BCUT2D eigenvalue weighted by Gasteiger charge is -2.19. The van der Waals surface area contributed by atoms with Crippen LogP contribution in [0.25, 0.3) is 11.1 Å². The molecular weight excluding hydrogens is 263 g/mol. The Morgan fingerprint density at radius 2 is 1.57 bits per heavy atom. The first-order chi connectivity index (χ1) is 9.77. The molecule has 112 valence electrons. The number of hydrogen-bond donors (Lipinski definition) is 0. The summed E-state index contributed by atoms with van der Waals surface area (Å²) in [5.74, 6) is 0.625. The van der Waals surface area contributed by atoms with Crippen LogP contribution in [0.4, 0.5) is 4.39 Å². The smallest absolute Gasteiger partial charge is 0.131 e. The third kappa shape index (κ3) is 3.84. The molecule has 0 aliphatic heterocycles. The summed E-state index contributed by atoms with van der Waals surface area (Å²) in [7, 11) is 0. The highest BCUT2D eigenvalue weighted by Crippen LogP contribution is 2.29. The number of benzene rings is 2. The average Bonchev–Trinajstić information content (AvgIpc) is 2.38. The fourth-order valence-electron chi connectivity index (χ4n) is 2.20. The molecule has 0 fully saturated rings. The molecule has 0 spiro atoms. The van der Waals surface area contributed by atoms with Crippen molar-refractivity contribution in [1.29, 1.82) is 0 Å². The average molecular weight is 286 g/mol. The van der Waals surface area contributed by atoms with Crippen molar-refractivity contribution in [3.8, 4) is 16.9 Å². The Morgan fingerprint density at radius 1 is 0.952 bits per heavy atom. The standard InChI is InChI=1S/C19H23FO/c1-13(2)21-16-9-6-14(7-10-16)17-11-8-15(12-18(17)20)19(3,4)5/h6-13H,1-5H3. The van der Waals surface area contributed by atoms with Crippen LogP contribution in [0.5, 0.6) is 5.75 Å². The van der Waals surface area contributed by atoms with Gasteiger partial charge >= 0.3 is 0 Å². The van der Waals surface area contributed by atoms with Gasteiger partial charge in [0.1, 0.15) is 11.6 Å². The van der Waals surface area contributed by atoms with Gasteiger partial charge in [0.25, 0.3) is 0 Å². The Balaban J connectivity index is 2.30. The van der Waals surface area contributed by atoms with Crippen molar-refractivity contribution in [2.45, 2.75) is 46.1 Å². The van der Waals surface area contributed by atoms with E-state index in [-0.39, 0.29) is 17.3 Å². The summed E-state index contributed by atoms with van der Waals surface area (Å²) >= 11 is 0. The number of hydrogen-bond acceptors (Lipinski definition) is 1. The summed E-state index contributed by atoms with van der Waals surface area (Å²) in [6, 6.07) is 13.0. The topological polar surface area (TPSA) is 9.23 Å². The molecule has 0 amide bonds. The van der Waals surface area contributed by atoms with Gasteiger partial charge < -0.3 is 4.74 Å². The van der Waals surface area contributed by atoms with Crippen LogP contribution in [0.2, 0.25) is 0 Å². The second-order valence-electron chi connectivity index (χ2n) is 6.64. The third-order valence-electron chi connectivity index (χ3n) is 3.37. The van der Waals surface area contributed by atoms with Crippen LogP contribution in [0, 0.1) is 5.82 Å². The SMILES string of the molecule is CC(C)Oc1ccc(-c2ccc(C(C)(C)C)cc2F)cc1. The molecule has 21 heavy (non-hydrogen) atoms. The maximum Gasteiger partial charge on any atom is 0.131 e.